The summed E-state index contributed by atoms with van der Waals surface area (Å²) in [6.07, 6.45) is 8.19. The number of hydrogen-bond acceptors (Lipinski definition) is 2. The van der Waals surface area contributed by atoms with Gasteiger partial charge in [-0.2, -0.15) is 0 Å². The second-order valence-electron chi connectivity index (χ2n) is 5.43. The van der Waals surface area contributed by atoms with E-state index in [0.717, 1.165) is 18.0 Å². The van der Waals surface area contributed by atoms with Crippen molar-refractivity contribution < 1.29 is 0 Å². The van der Waals surface area contributed by atoms with Crippen LogP contribution in [0.25, 0.3) is 5.57 Å². The predicted molar refractivity (Wildman–Crippen MR) is 75.7 cm³/mol. The largest absolute Gasteiger partial charge is 0.316 e. The van der Waals surface area contributed by atoms with E-state index in [1.807, 2.05) is 13.1 Å². The van der Waals surface area contributed by atoms with Crippen LogP contribution in [0.4, 0.5) is 0 Å². The topological polar surface area (TPSA) is 24.9 Å². The third-order valence-electron chi connectivity index (χ3n) is 4.27. The first-order chi connectivity index (χ1) is 8.75. The smallest absolute Gasteiger partial charge is 0.131 e. The second-order valence-corrected chi connectivity index (χ2v) is 5.79. The van der Waals surface area contributed by atoms with E-state index >= 15 is 0 Å². The maximum absolute atomic E-state index is 6.01. The number of fused-ring (bicyclic) bond motifs is 1. The van der Waals surface area contributed by atoms with Crippen molar-refractivity contribution in [1.82, 2.24) is 10.3 Å². The summed E-state index contributed by atoms with van der Waals surface area (Å²) in [6, 6.07) is 2.18. The van der Waals surface area contributed by atoms with E-state index in [1.54, 1.807) is 0 Å². The van der Waals surface area contributed by atoms with E-state index in [2.05, 4.69) is 22.4 Å². The van der Waals surface area contributed by atoms with Crippen LogP contribution in [-0.4, -0.2) is 18.1 Å². The van der Waals surface area contributed by atoms with Gasteiger partial charge in [0, 0.05) is 12.7 Å². The molecule has 1 saturated heterocycles. The van der Waals surface area contributed by atoms with Gasteiger partial charge in [-0.25, -0.2) is 4.98 Å². The summed E-state index contributed by atoms with van der Waals surface area (Å²) in [5.41, 5.74) is 3.81. The van der Waals surface area contributed by atoms with Gasteiger partial charge in [0.05, 0.1) is 0 Å². The molecule has 0 spiro atoms. The normalized spacial score (nSPS) is 27.6. The zero-order valence-electron chi connectivity index (χ0n) is 10.7. The summed E-state index contributed by atoms with van der Waals surface area (Å²) < 4.78 is 0. The third-order valence-corrected chi connectivity index (χ3v) is 4.67. The lowest BCUT2D eigenvalue weighted by Gasteiger charge is -2.37. The number of hydrogen-bond donors (Lipinski definition) is 1. The molecule has 18 heavy (non-hydrogen) atoms. The van der Waals surface area contributed by atoms with E-state index < -0.39 is 0 Å². The van der Waals surface area contributed by atoms with Gasteiger partial charge in [-0.15, -0.1) is 0 Å². The molecule has 1 aliphatic carbocycles. The molecular formula is C15H19ClN2. The molecule has 96 valence electrons. The van der Waals surface area contributed by atoms with Gasteiger partial charge in [-0.3, -0.25) is 0 Å². The highest BCUT2D eigenvalue weighted by Crippen LogP contribution is 2.39. The first kappa shape index (κ1) is 12.2. The van der Waals surface area contributed by atoms with Gasteiger partial charge in [0.1, 0.15) is 5.15 Å². The zero-order valence-corrected chi connectivity index (χ0v) is 11.5. The maximum Gasteiger partial charge on any atom is 0.131 e. The molecule has 0 amide bonds. The number of halogens is 1. The van der Waals surface area contributed by atoms with Crippen LogP contribution in [-0.2, 0) is 0 Å². The monoisotopic (exact) mass is 262 g/mol. The highest BCUT2D eigenvalue weighted by atomic mass is 35.5. The fraction of sp³-hybridized carbons (Fsp3) is 0.533. The van der Waals surface area contributed by atoms with Gasteiger partial charge in [-0.1, -0.05) is 17.7 Å². The summed E-state index contributed by atoms with van der Waals surface area (Å²) in [5, 5.41) is 4.14. The molecule has 1 aromatic rings. The molecule has 2 unspecified atom stereocenters. The van der Waals surface area contributed by atoms with Crippen LogP contribution in [0, 0.1) is 18.8 Å². The highest BCUT2D eigenvalue weighted by molar-refractivity contribution is 6.30. The van der Waals surface area contributed by atoms with Crippen LogP contribution in [0.15, 0.2) is 18.3 Å². The van der Waals surface area contributed by atoms with E-state index in [4.69, 9.17) is 11.6 Å². The Balaban J connectivity index is 1.94. The molecule has 1 fully saturated rings. The Kier molecular flexibility index (Phi) is 3.40. The van der Waals surface area contributed by atoms with Gasteiger partial charge >= 0.3 is 0 Å². The van der Waals surface area contributed by atoms with Gasteiger partial charge in [0.25, 0.3) is 0 Å². The van der Waals surface area contributed by atoms with Crippen molar-refractivity contribution in [2.24, 2.45) is 11.8 Å². The molecule has 1 aliphatic heterocycles. The number of allylic oxidation sites excluding steroid dienone is 1. The van der Waals surface area contributed by atoms with Crippen LogP contribution >= 0.6 is 11.6 Å². The van der Waals surface area contributed by atoms with Gasteiger partial charge in [0.2, 0.25) is 0 Å². The van der Waals surface area contributed by atoms with Crippen molar-refractivity contribution in [3.05, 3.63) is 34.6 Å². The maximum atomic E-state index is 6.01. The average molecular weight is 263 g/mol. The van der Waals surface area contributed by atoms with E-state index in [0.29, 0.717) is 11.1 Å². The number of rotatable bonds is 1. The summed E-state index contributed by atoms with van der Waals surface area (Å²) in [5.74, 6) is 1.51. The fourth-order valence-corrected chi connectivity index (χ4v) is 3.38. The molecule has 2 atom stereocenters. The fourth-order valence-electron chi connectivity index (χ4n) is 3.27. The number of aryl methyl sites for hydroxylation is 1. The molecule has 2 aliphatic rings. The first-order valence-corrected chi connectivity index (χ1v) is 7.17. The van der Waals surface area contributed by atoms with Crippen molar-refractivity contribution in [2.45, 2.75) is 26.2 Å². The minimum atomic E-state index is 0.619. The van der Waals surface area contributed by atoms with Crippen molar-refractivity contribution in [1.29, 1.82) is 0 Å². The standard InChI is InChI=1S/C15H19ClN2/c1-10-7-12(8-18-15(10)16)13-4-2-3-11-5-6-17-9-14(11)13/h4,7-8,11,14,17H,2-3,5-6,9H2,1H3. The molecule has 3 rings (SSSR count). The summed E-state index contributed by atoms with van der Waals surface area (Å²) in [7, 11) is 0. The van der Waals surface area contributed by atoms with Crippen molar-refractivity contribution in [3.63, 3.8) is 0 Å². The Labute approximate surface area is 113 Å². The Bertz CT molecular complexity index is 481. The van der Waals surface area contributed by atoms with Gasteiger partial charge < -0.3 is 5.32 Å². The number of piperidine rings is 1. The second kappa shape index (κ2) is 5.02. The molecule has 2 heterocycles. The number of pyridine rings is 1. The quantitative estimate of drug-likeness (QED) is 0.785. The highest BCUT2D eigenvalue weighted by Gasteiger charge is 2.30. The number of aromatic nitrogens is 1. The Hall–Kier alpha value is -0.860. The Morgan fingerprint density at radius 1 is 1.39 bits per heavy atom. The van der Waals surface area contributed by atoms with Crippen molar-refractivity contribution in [2.75, 3.05) is 13.1 Å². The van der Waals surface area contributed by atoms with Gasteiger partial charge in [0.15, 0.2) is 0 Å². The lowest BCUT2D eigenvalue weighted by Crippen LogP contribution is -2.38. The summed E-state index contributed by atoms with van der Waals surface area (Å²) in [4.78, 5) is 4.30. The molecule has 0 radical (unpaired) electrons. The van der Waals surface area contributed by atoms with E-state index in [9.17, 15) is 0 Å². The van der Waals surface area contributed by atoms with Crippen LogP contribution in [0.5, 0.6) is 0 Å². The van der Waals surface area contributed by atoms with E-state index in [-0.39, 0.29) is 0 Å². The first-order valence-electron chi connectivity index (χ1n) is 6.79. The van der Waals surface area contributed by atoms with Crippen molar-refractivity contribution >= 4 is 17.2 Å². The zero-order chi connectivity index (χ0) is 12.5. The van der Waals surface area contributed by atoms with Crippen molar-refractivity contribution in [3.8, 4) is 0 Å². The molecule has 0 saturated carbocycles. The van der Waals surface area contributed by atoms with Crippen LogP contribution in [0.3, 0.4) is 0 Å². The lowest BCUT2D eigenvalue weighted by molar-refractivity contribution is 0.285. The Morgan fingerprint density at radius 2 is 2.28 bits per heavy atom. The number of nitrogens with one attached hydrogen (secondary N) is 1. The Morgan fingerprint density at radius 3 is 3.11 bits per heavy atom. The van der Waals surface area contributed by atoms with E-state index in [1.165, 1.54) is 36.9 Å². The number of nitrogens with zero attached hydrogens (tertiary/aromatic N) is 1. The summed E-state index contributed by atoms with van der Waals surface area (Å²) >= 11 is 6.01. The minimum absolute atomic E-state index is 0.619. The SMILES string of the molecule is Cc1cc(C2=CCCC3CCNCC23)cnc1Cl. The molecule has 3 heteroatoms. The molecule has 1 N–H and O–H groups in total. The van der Waals surface area contributed by atoms with Crippen LogP contribution in [0.2, 0.25) is 5.15 Å². The molecule has 2 nitrogen and oxygen atoms in total. The summed E-state index contributed by atoms with van der Waals surface area (Å²) in [6.45, 7) is 4.31. The van der Waals surface area contributed by atoms with Crippen LogP contribution < -0.4 is 5.32 Å². The molecular weight excluding hydrogens is 244 g/mol. The molecule has 0 aromatic carbocycles. The minimum Gasteiger partial charge on any atom is -0.316 e. The predicted octanol–water partition coefficient (Wildman–Crippen LogP) is 3.45. The molecule has 1 aromatic heterocycles. The average Bonchev–Trinajstić information content (AvgIpc) is 2.41. The molecule has 0 bridgehead atoms. The van der Waals surface area contributed by atoms with Crippen LogP contribution in [0.1, 0.15) is 30.4 Å². The lowest BCUT2D eigenvalue weighted by atomic mass is 9.73. The van der Waals surface area contributed by atoms with Gasteiger partial charge in [-0.05, 0) is 67.3 Å². The third kappa shape index (κ3) is 2.19.